The highest BCUT2D eigenvalue weighted by Crippen LogP contribution is 2.44. The Kier molecular flexibility index (Phi) is 7.78. The fraction of sp³-hybridized carbons (Fsp3) is 0.259. The lowest BCUT2D eigenvalue weighted by molar-refractivity contribution is -0.141. The Morgan fingerprint density at radius 2 is 1.78 bits per heavy atom. The molecule has 2 aromatic carbocycles. The van der Waals surface area contributed by atoms with Crippen molar-refractivity contribution in [2.24, 2.45) is 0 Å². The molecule has 3 aromatic rings. The van der Waals surface area contributed by atoms with Crippen molar-refractivity contribution in [1.29, 1.82) is 0 Å². The minimum Gasteiger partial charge on any atom is -0.488 e. The number of allylic oxidation sites excluding steroid dienone is 2. The molecule has 0 bridgehead atoms. The van der Waals surface area contributed by atoms with E-state index in [4.69, 9.17) is 9.47 Å². The molecule has 0 saturated carbocycles. The second kappa shape index (κ2) is 10.8. The zero-order valence-electron chi connectivity index (χ0n) is 19.3. The van der Waals surface area contributed by atoms with E-state index in [9.17, 15) is 22.4 Å². The van der Waals surface area contributed by atoms with Crippen molar-refractivity contribution in [3.8, 4) is 5.75 Å². The van der Waals surface area contributed by atoms with Crippen molar-refractivity contribution < 1.29 is 31.8 Å². The van der Waals surface area contributed by atoms with E-state index in [0.29, 0.717) is 24.2 Å². The largest absolute Gasteiger partial charge is 0.488 e. The van der Waals surface area contributed by atoms with Gasteiger partial charge in [0.2, 0.25) is 0 Å². The molecule has 0 radical (unpaired) electrons. The number of alkyl halides is 3. The van der Waals surface area contributed by atoms with E-state index >= 15 is 0 Å². The molecule has 9 heteroatoms. The van der Waals surface area contributed by atoms with Gasteiger partial charge < -0.3 is 9.47 Å². The molecule has 1 aliphatic rings. The summed E-state index contributed by atoms with van der Waals surface area (Å²) >= 11 is 3.48. The lowest BCUT2D eigenvalue weighted by atomic mass is 9.96. The molecule has 1 heterocycles. The molecular weight excluding hydrogens is 542 g/mol. The Hall–Kier alpha value is -3.20. The standard InChI is InChI=1S/C27H22BrF4NO3/c1-2-35-26(34)23-12-17(14-33-25(23)27(30,31)32)20-4-3-5-21(20)22-13-18(28)8-11-24(22)36-15-16-6-9-19(29)10-7-16/h6-14H,2-5,15H2,1H3. The van der Waals surface area contributed by atoms with Gasteiger partial charge in [0.05, 0.1) is 12.2 Å². The number of rotatable bonds is 7. The molecular formula is C27H22BrF4NO3. The van der Waals surface area contributed by atoms with E-state index in [1.807, 2.05) is 12.1 Å². The Morgan fingerprint density at radius 1 is 1.06 bits per heavy atom. The van der Waals surface area contributed by atoms with Crippen LogP contribution in [0.4, 0.5) is 17.6 Å². The van der Waals surface area contributed by atoms with Crippen LogP contribution >= 0.6 is 15.9 Å². The average molecular weight is 564 g/mol. The van der Waals surface area contributed by atoms with E-state index in [0.717, 1.165) is 39.4 Å². The molecule has 0 spiro atoms. The van der Waals surface area contributed by atoms with Crippen LogP contribution in [0.2, 0.25) is 0 Å². The summed E-state index contributed by atoms with van der Waals surface area (Å²) in [5, 5.41) is 0. The molecule has 0 N–H and O–H groups in total. The third-order valence-corrected chi connectivity index (χ3v) is 6.29. The first-order chi connectivity index (χ1) is 17.2. The van der Waals surface area contributed by atoms with Crippen molar-refractivity contribution in [3.05, 3.63) is 93.0 Å². The summed E-state index contributed by atoms with van der Waals surface area (Å²) in [5.74, 6) is -0.816. The van der Waals surface area contributed by atoms with Crippen molar-refractivity contribution in [1.82, 2.24) is 4.98 Å². The molecule has 0 saturated heterocycles. The predicted molar refractivity (Wildman–Crippen MR) is 131 cm³/mol. The molecule has 188 valence electrons. The number of pyridine rings is 1. The highest BCUT2D eigenvalue weighted by Gasteiger charge is 2.38. The van der Waals surface area contributed by atoms with Gasteiger partial charge in [-0.2, -0.15) is 13.2 Å². The quantitative estimate of drug-likeness (QED) is 0.217. The fourth-order valence-electron chi connectivity index (χ4n) is 4.19. The van der Waals surface area contributed by atoms with Crippen LogP contribution in [0.3, 0.4) is 0 Å². The molecule has 4 nitrogen and oxygen atoms in total. The average Bonchev–Trinajstić information content (AvgIpc) is 3.33. The fourth-order valence-corrected chi connectivity index (χ4v) is 4.55. The molecule has 0 unspecified atom stereocenters. The Balaban J connectivity index is 1.75. The number of esters is 1. The van der Waals surface area contributed by atoms with Crippen molar-refractivity contribution >= 4 is 33.0 Å². The van der Waals surface area contributed by atoms with E-state index in [-0.39, 0.29) is 19.0 Å². The molecule has 0 atom stereocenters. The predicted octanol–water partition coefficient (Wildman–Crippen LogP) is 7.85. The lowest BCUT2D eigenvalue weighted by Gasteiger charge is -2.16. The van der Waals surface area contributed by atoms with Crippen LogP contribution in [0, 0.1) is 5.82 Å². The van der Waals surface area contributed by atoms with Crippen molar-refractivity contribution in [3.63, 3.8) is 0 Å². The minimum atomic E-state index is -4.79. The molecule has 1 aliphatic carbocycles. The Morgan fingerprint density at radius 3 is 2.47 bits per heavy atom. The highest BCUT2D eigenvalue weighted by molar-refractivity contribution is 9.10. The van der Waals surface area contributed by atoms with Gasteiger partial charge in [0, 0.05) is 16.2 Å². The number of halogens is 5. The first-order valence-electron chi connectivity index (χ1n) is 11.3. The van der Waals surface area contributed by atoms with Crippen molar-refractivity contribution in [2.45, 2.75) is 39.0 Å². The number of nitrogens with zero attached hydrogens (tertiary/aromatic N) is 1. The van der Waals surface area contributed by atoms with Crippen molar-refractivity contribution in [2.75, 3.05) is 6.61 Å². The maximum atomic E-state index is 13.5. The maximum absolute atomic E-state index is 13.5. The zero-order valence-corrected chi connectivity index (χ0v) is 20.9. The summed E-state index contributed by atoms with van der Waals surface area (Å²) in [4.78, 5) is 16.0. The number of hydrogen-bond donors (Lipinski definition) is 0. The lowest BCUT2D eigenvalue weighted by Crippen LogP contribution is -2.17. The van der Waals surface area contributed by atoms with Crippen LogP contribution < -0.4 is 4.74 Å². The zero-order chi connectivity index (χ0) is 25.9. The van der Waals surface area contributed by atoms with Crippen LogP contribution in [0.5, 0.6) is 5.75 Å². The number of carbonyl (C=O) groups is 1. The van der Waals surface area contributed by atoms with Gasteiger partial charge in [-0.15, -0.1) is 0 Å². The summed E-state index contributed by atoms with van der Waals surface area (Å²) < 4.78 is 65.5. The highest BCUT2D eigenvalue weighted by atomic mass is 79.9. The van der Waals surface area contributed by atoms with E-state index < -0.39 is 23.4 Å². The van der Waals surface area contributed by atoms with Gasteiger partial charge in [-0.1, -0.05) is 28.1 Å². The van der Waals surface area contributed by atoms with Crippen LogP contribution in [0.25, 0.3) is 11.1 Å². The summed E-state index contributed by atoms with van der Waals surface area (Å²) in [7, 11) is 0. The number of carbonyl (C=O) groups excluding carboxylic acids is 1. The first-order valence-corrected chi connectivity index (χ1v) is 12.1. The minimum absolute atomic E-state index is 0.0545. The number of benzene rings is 2. The van der Waals surface area contributed by atoms with Gasteiger partial charge in [0.1, 0.15) is 18.2 Å². The number of ether oxygens (including phenoxy) is 2. The third kappa shape index (κ3) is 5.78. The first kappa shape index (κ1) is 25.9. The Bertz CT molecular complexity index is 1300. The molecule has 1 aromatic heterocycles. The molecule has 4 rings (SSSR count). The second-order valence-electron chi connectivity index (χ2n) is 8.20. The third-order valence-electron chi connectivity index (χ3n) is 5.79. The van der Waals surface area contributed by atoms with Gasteiger partial charge in [0.25, 0.3) is 0 Å². The second-order valence-corrected chi connectivity index (χ2v) is 9.12. The van der Waals surface area contributed by atoms with Gasteiger partial charge in [-0.05, 0) is 84.9 Å². The summed E-state index contributed by atoms with van der Waals surface area (Å²) in [6.07, 6.45) is -1.57. The summed E-state index contributed by atoms with van der Waals surface area (Å²) in [6, 6.07) is 12.7. The van der Waals surface area contributed by atoms with E-state index in [1.54, 1.807) is 18.2 Å². The van der Waals surface area contributed by atoms with E-state index in [2.05, 4.69) is 20.9 Å². The van der Waals surface area contributed by atoms with Crippen LogP contribution in [-0.4, -0.2) is 17.6 Å². The van der Waals surface area contributed by atoms with Crippen LogP contribution in [-0.2, 0) is 17.5 Å². The Labute approximate surface area is 214 Å². The van der Waals surface area contributed by atoms with Gasteiger partial charge in [0.15, 0.2) is 5.69 Å². The van der Waals surface area contributed by atoms with Gasteiger partial charge >= 0.3 is 12.1 Å². The van der Waals surface area contributed by atoms with Gasteiger partial charge in [-0.3, -0.25) is 4.98 Å². The number of aromatic nitrogens is 1. The van der Waals surface area contributed by atoms with Crippen LogP contribution in [0.15, 0.2) is 59.2 Å². The smallest absolute Gasteiger partial charge is 0.434 e. The summed E-state index contributed by atoms with van der Waals surface area (Å²) in [6.45, 7) is 1.69. The normalized spacial score (nSPS) is 13.7. The monoisotopic (exact) mass is 563 g/mol. The number of hydrogen-bond acceptors (Lipinski definition) is 4. The molecule has 0 aliphatic heterocycles. The van der Waals surface area contributed by atoms with E-state index in [1.165, 1.54) is 25.1 Å². The molecule has 0 fully saturated rings. The summed E-state index contributed by atoms with van der Waals surface area (Å²) in [5.41, 5.74) is 1.84. The SMILES string of the molecule is CCOC(=O)c1cc(C2=C(c3cc(Br)ccc3OCc3ccc(F)cc3)CCC2)cnc1C(F)(F)F. The maximum Gasteiger partial charge on any atom is 0.434 e. The topological polar surface area (TPSA) is 48.4 Å². The molecule has 0 amide bonds. The molecule has 36 heavy (non-hydrogen) atoms. The van der Waals surface area contributed by atoms with Crippen LogP contribution in [0.1, 0.15) is 58.9 Å². The van der Waals surface area contributed by atoms with Gasteiger partial charge in [-0.25, -0.2) is 9.18 Å².